The first-order valence-corrected chi connectivity index (χ1v) is 7.08. The van der Waals surface area contributed by atoms with E-state index in [1.165, 1.54) is 0 Å². The Morgan fingerprint density at radius 3 is 2.81 bits per heavy atom. The first-order valence-electron chi connectivity index (χ1n) is 7.08. The van der Waals surface area contributed by atoms with E-state index in [9.17, 15) is 4.79 Å². The molecule has 1 aromatic heterocycles. The van der Waals surface area contributed by atoms with Gasteiger partial charge in [-0.05, 0) is 31.2 Å². The molecule has 0 atom stereocenters. The van der Waals surface area contributed by atoms with Crippen molar-refractivity contribution >= 4 is 22.9 Å². The predicted octanol–water partition coefficient (Wildman–Crippen LogP) is 3.01. The monoisotopic (exact) mass is 277 g/mol. The quantitative estimate of drug-likeness (QED) is 0.686. The van der Waals surface area contributed by atoms with Crippen molar-refractivity contribution in [2.45, 2.75) is 13.5 Å². The number of hydrogen-bond acceptors (Lipinski definition) is 2. The van der Waals surface area contributed by atoms with Gasteiger partial charge in [0.1, 0.15) is 0 Å². The Bertz CT molecular complexity index is 850. The third-order valence-corrected chi connectivity index (χ3v) is 3.93. The maximum atomic E-state index is 12.7. The number of rotatable bonds is 1. The van der Waals surface area contributed by atoms with Crippen LogP contribution in [-0.4, -0.2) is 22.0 Å². The number of carbonyl (C=O) groups excluding carboxylic acids is 1. The molecule has 4 rings (SSSR count). The van der Waals surface area contributed by atoms with Crippen molar-refractivity contribution in [2.75, 3.05) is 11.4 Å². The molecule has 1 amide bonds. The van der Waals surface area contributed by atoms with Crippen LogP contribution in [0.3, 0.4) is 0 Å². The fourth-order valence-electron chi connectivity index (χ4n) is 2.92. The molecule has 0 radical (unpaired) electrons. The van der Waals surface area contributed by atoms with Gasteiger partial charge in [-0.15, -0.1) is 0 Å². The van der Waals surface area contributed by atoms with Crippen LogP contribution in [0.25, 0.3) is 11.0 Å². The summed E-state index contributed by atoms with van der Waals surface area (Å²) in [5.41, 5.74) is 3.84. The van der Waals surface area contributed by atoms with Crippen molar-refractivity contribution in [3.8, 4) is 0 Å². The standard InChI is InChI=1S/C17H15N3O/c1-12-5-4-6-13(11-12)16(21)20-10-9-19-15-8-3-2-7-14(15)18-17(19)20/h2-8,11H,9-10H2,1H3. The summed E-state index contributed by atoms with van der Waals surface area (Å²) in [5.74, 6) is 0.774. The summed E-state index contributed by atoms with van der Waals surface area (Å²) in [7, 11) is 0. The molecular formula is C17H15N3O. The van der Waals surface area contributed by atoms with Gasteiger partial charge in [-0.1, -0.05) is 29.8 Å². The smallest absolute Gasteiger partial charge is 0.260 e. The zero-order chi connectivity index (χ0) is 14.4. The Hall–Kier alpha value is -2.62. The van der Waals surface area contributed by atoms with Gasteiger partial charge in [0.2, 0.25) is 5.95 Å². The van der Waals surface area contributed by atoms with Crippen LogP contribution in [0.1, 0.15) is 15.9 Å². The lowest BCUT2D eigenvalue weighted by Crippen LogP contribution is -2.29. The van der Waals surface area contributed by atoms with Crippen LogP contribution >= 0.6 is 0 Å². The highest BCUT2D eigenvalue weighted by atomic mass is 16.2. The van der Waals surface area contributed by atoms with Crippen molar-refractivity contribution in [1.82, 2.24) is 9.55 Å². The summed E-state index contributed by atoms with van der Waals surface area (Å²) in [4.78, 5) is 19.1. The summed E-state index contributed by atoms with van der Waals surface area (Å²) in [6, 6.07) is 15.7. The Labute approximate surface area is 122 Å². The first-order chi connectivity index (χ1) is 10.2. The third kappa shape index (κ3) is 1.83. The van der Waals surface area contributed by atoms with Gasteiger partial charge >= 0.3 is 0 Å². The van der Waals surface area contributed by atoms with Crippen LogP contribution in [0.2, 0.25) is 0 Å². The van der Waals surface area contributed by atoms with Gasteiger partial charge in [-0.2, -0.15) is 0 Å². The predicted molar refractivity (Wildman–Crippen MR) is 82.6 cm³/mol. The molecule has 1 aliphatic rings. The lowest BCUT2D eigenvalue weighted by molar-refractivity contribution is 0.0988. The molecule has 0 saturated carbocycles. The number of anilines is 1. The average molecular weight is 277 g/mol. The highest BCUT2D eigenvalue weighted by Gasteiger charge is 2.28. The Morgan fingerprint density at radius 2 is 1.95 bits per heavy atom. The van der Waals surface area contributed by atoms with Gasteiger partial charge in [0.05, 0.1) is 11.0 Å². The molecule has 0 spiro atoms. The maximum Gasteiger partial charge on any atom is 0.260 e. The average Bonchev–Trinajstić information content (AvgIpc) is 3.05. The van der Waals surface area contributed by atoms with E-state index in [0.29, 0.717) is 6.54 Å². The molecule has 3 aromatic rings. The molecule has 0 aliphatic carbocycles. The largest absolute Gasteiger partial charge is 0.308 e. The molecule has 0 unspecified atom stereocenters. The van der Waals surface area contributed by atoms with Gasteiger partial charge < -0.3 is 4.57 Å². The van der Waals surface area contributed by atoms with E-state index in [4.69, 9.17) is 0 Å². The molecule has 0 bridgehead atoms. The van der Waals surface area contributed by atoms with Crippen LogP contribution in [0.5, 0.6) is 0 Å². The normalized spacial score (nSPS) is 13.7. The van der Waals surface area contributed by atoms with Crippen molar-refractivity contribution in [2.24, 2.45) is 0 Å². The lowest BCUT2D eigenvalue weighted by Gasteiger charge is -2.14. The topological polar surface area (TPSA) is 38.1 Å². The summed E-state index contributed by atoms with van der Waals surface area (Å²) in [6.45, 7) is 3.48. The highest BCUT2D eigenvalue weighted by Crippen LogP contribution is 2.28. The number of carbonyl (C=O) groups is 1. The molecular weight excluding hydrogens is 262 g/mol. The second kappa shape index (κ2) is 4.45. The maximum absolute atomic E-state index is 12.7. The van der Waals surface area contributed by atoms with Gasteiger partial charge in [-0.3, -0.25) is 9.69 Å². The fourth-order valence-corrected chi connectivity index (χ4v) is 2.92. The molecule has 2 aromatic carbocycles. The Balaban J connectivity index is 1.78. The molecule has 0 fully saturated rings. The number of benzene rings is 2. The number of aryl methyl sites for hydroxylation is 1. The SMILES string of the molecule is Cc1cccc(C(=O)N2CCn3c2nc2ccccc23)c1. The van der Waals surface area contributed by atoms with E-state index in [2.05, 4.69) is 9.55 Å². The van der Waals surface area contributed by atoms with E-state index in [-0.39, 0.29) is 5.91 Å². The second-order valence-corrected chi connectivity index (χ2v) is 5.38. The number of hydrogen-bond donors (Lipinski definition) is 0. The van der Waals surface area contributed by atoms with Crippen molar-refractivity contribution in [1.29, 1.82) is 0 Å². The number of imidazole rings is 1. The number of amides is 1. The Kier molecular flexibility index (Phi) is 2.57. The Morgan fingerprint density at radius 1 is 1.10 bits per heavy atom. The summed E-state index contributed by atoms with van der Waals surface area (Å²) < 4.78 is 2.11. The minimum Gasteiger partial charge on any atom is -0.308 e. The number of fused-ring (bicyclic) bond motifs is 3. The van der Waals surface area contributed by atoms with E-state index in [0.717, 1.165) is 34.7 Å². The van der Waals surface area contributed by atoms with E-state index in [1.807, 2.05) is 55.5 Å². The molecule has 21 heavy (non-hydrogen) atoms. The van der Waals surface area contributed by atoms with E-state index < -0.39 is 0 Å². The second-order valence-electron chi connectivity index (χ2n) is 5.38. The highest BCUT2D eigenvalue weighted by molar-refractivity contribution is 6.06. The molecule has 0 saturated heterocycles. The third-order valence-electron chi connectivity index (χ3n) is 3.93. The molecule has 2 heterocycles. The molecule has 4 nitrogen and oxygen atoms in total. The summed E-state index contributed by atoms with van der Waals surface area (Å²) in [5, 5.41) is 0. The molecule has 1 aliphatic heterocycles. The molecule has 0 N–H and O–H groups in total. The van der Waals surface area contributed by atoms with E-state index >= 15 is 0 Å². The van der Waals surface area contributed by atoms with Crippen LogP contribution in [0.15, 0.2) is 48.5 Å². The molecule has 104 valence electrons. The van der Waals surface area contributed by atoms with Crippen LogP contribution in [0, 0.1) is 6.92 Å². The van der Waals surface area contributed by atoms with Crippen molar-refractivity contribution in [3.05, 3.63) is 59.7 Å². The van der Waals surface area contributed by atoms with Crippen LogP contribution < -0.4 is 4.90 Å². The van der Waals surface area contributed by atoms with Gasteiger partial charge in [0.25, 0.3) is 5.91 Å². The first kappa shape index (κ1) is 12.1. The lowest BCUT2D eigenvalue weighted by atomic mass is 10.1. The van der Waals surface area contributed by atoms with Crippen LogP contribution in [-0.2, 0) is 6.54 Å². The van der Waals surface area contributed by atoms with Gasteiger partial charge in [-0.25, -0.2) is 4.98 Å². The fraction of sp³-hybridized carbons (Fsp3) is 0.176. The molecule has 4 heteroatoms. The van der Waals surface area contributed by atoms with Crippen molar-refractivity contribution < 1.29 is 4.79 Å². The number of para-hydroxylation sites is 2. The number of aromatic nitrogens is 2. The van der Waals surface area contributed by atoms with Gasteiger partial charge in [0.15, 0.2) is 0 Å². The number of nitrogens with zero attached hydrogens (tertiary/aromatic N) is 3. The van der Waals surface area contributed by atoms with E-state index in [1.54, 1.807) is 4.90 Å². The minimum atomic E-state index is 0.0211. The summed E-state index contributed by atoms with van der Waals surface area (Å²) in [6.07, 6.45) is 0. The van der Waals surface area contributed by atoms with Crippen molar-refractivity contribution in [3.63, 3.8) is 0 Å². The zero-order valence-corrected chi connectivity index (χ0v) is 11.8. The minimum absolute atomic E-state index is 0.0211. The van der Waals surface area contributed by atoms with Crippen LogP contribution in [0.4, 0.5) is 5.95 Å². The summed E-state index contributed by atoms with van der Waals surface area (Å²) >= 11 is 0. The van der Waals surface area contributed by atoms with Gasteiger partial charge in [0, 0.05) is 18.7 Å². The zero-order valence-electron chi connectivity index (χ0n) is 11.8.